The van der Waals surface area contributed by atoms with Crippen molar-refractivity contribution in [1.29, 1.82) is 0 Å². The van der Waals surface area contributed by atoms with Crippen LogP contribution < -0.4 is 0 Å². The number of nitrogens with one attached hydrogen (secondary N) is 1. The monoisotopic (exact) mass is 226 g/mol. The van der Waals surface area contributed by atoms with Gasteiger partial charge in [-0.2, -0.15) is 4.98 Å². The molecule has 0 atom stereocenters. The second-order valence-corrected chi connectivity index (χ2v) is 4.37. The molecule has 1 saturated carbocycles. The van der Waals surface area contributed by atoms with Crippen molar-refractivity contribution in [2.75, 3.05) is 0 Å². The normalized spacial score (nSPS) is 15.5. The highest BCUT2D eigenvalue weighted by Gasteiger charge is 2.28. The summed E-state index contributed by atoms with van der Waals surface area (Å²) < 4.78 is 5.28. The van der Waals surface area contributed by atoms with Gasteiger partial charge in [-0.25, -0.2) is 4.98 Å². The summed E-state index contributed by atoms with van der Waals surface area (Å²) in [6.07, 6.45) is 4.04. The summed E-state index contributed by atoms with van der Waals surface area (Å²) >= 11 is 0. The fraction of sp³-hybridized carbons (Fsp3) is 0.250. The van der Waals surface area contributed by atoms with Crippen LogP contribution >= 0.6 is 0 Å². The van der Waals surface area contributed by atoms with Crippen LogP contribution in [-0.4, -0.2) is 20.1 Å². The number of imidazole rings is 1. The highest BCUT2D eigenvalue weighted by Crippen LogP contribution is 2.38. The predicted molar refractivity (Wildman–Crippen MR) is 61.4 cm³/mol. The molecule has 84 valence electrons. The number of H-pyrrole nitrogens is 1. The fourth-order valence-electron chi connectivity index (χ4n) is 1.93. The van der Waals surface area contributed by atoms with Gasteiger partial charge in [0, 0.05) is 11.5 Å². The first kappa shape index (κ1) is 8.92. The smallest absolute Gasteiger partial charge is 0.258 e. The molecule has 1 fully saturated rings. The Morgan fingerprint density at radius 3 is 3.12 bits per heavy atom. The molecule has 1 aliphatic rings. The average molecular weight is 226 g/mol. The number of aromatic nitrogens is 4. The van der Waals surface area contributed by atoms with Crippen LogP contribution in [0.2, 0.25) is 0 Å². The molecular weight excluding hydrogens is 216 g/mol. The van der Waals surface area contributed by atoms with Gasteiger partial charge in [-0.1, -0.05) is 5.16 Å². The summed E-state index contributed by atoms with van der Waals surface area (Å²) in [5.41, 5.74) is 2.85. The van der Waals surface area contributed by atoms with Crippen LogP contribution in [0.25, 0.3) is 22.5 Å². The van der Waals surface area contributed by atoms with Crippen LogP contribution in [0.3, 0.4) is 0 Å². The molecule has 0 bridgehead atoms. The van der Waals surface area contributed by atoms with Crippen molar-refractivity contribution in [3.8, 4) is 11.5 Å². The van der Waals surface area contributed by atoms with E-state index in [1.807, 2.05) is 18.2 Å². The topological polar surface area (TPSA) is 67.6 Å². The van der Waals surface area contributed by atoms with Crippen LogP contribution in [0.1, 0.15) is 24.6 Å². The quantitative estimate of drug-likeness (QED) is 0.728. The minimum Gasteiger partial charge on any atom is -0.345 e. The minimum atomic E-state index is 0.517. The Hall–Kier alpha value is -2.17. The Kier molecular flexibility index (Phi) is 1.66. The molecule has 1 aromatic carbocycles. The van der Waals surface area contributed by atoms with Gasteiger partial charge in [-0.15, -0.1) is 0 Å². The van der Waals surface area contributed by atoms with Crippen molar-refractivity contribution in [3.05, 3.63) is 30.4 Å². The Morgan fingerprint density at radius 2 is 2.24 bits per heavy atom. The van der Waals surface area contributed by atoms with Gasteiger partial charge in [0.2, 0.25) is 0 Å². The number of aromatic amines is 1. The van der Waals surface area contributed by atoms with E-state index in [4.69, 9.17) is 4.52 Å². The van der Waals surface area contributed by atoms with Gasteiger partial charge in [-0.3, -0.25) is 0 Å². The van der Waals surface area contributed by atoms with E-state index in [-0.39, 0.29) is 0 Å². The van der Waals surface area contributed by atoms with Crippen molar-refractivity contribution in [1.82, 2.24) is 20.1 Å². The number of benzene rings is 1. The third kappa shape index (κ3) is 1.43. The number of nitrogens with zero attached hydrogens (tertiary/aromatic N) is 3. The second-order valence-electron chi connectivity index (χ2n) is 4.37. The van der Waals surface area contributed by atoms with Crippen molar-refractivity contribution >= 4 is 11.0 Å². The molecule has 17 heavy (non-hydrogen) atoms. The first-order valence-electron chi connectivity index (χ1n) is 5.67. The van der Waals surface area contributed by atoms with Crippen LogP contribution in [-0.2, 0) is 0 Å². The van der Waals surface area contributed by atoms with Gasteiger partial charge >= 0.3 is 0 Å². The zero-order valence-corrected chi connectivity index (χ0v) is 9.05. The predicted octanol–water partition coefficient (Wildman–Crippen LogP) is 2.49. The van der Waals surface area contributed by atoms with Crippen LogP contribution in [0.4, 0.5) is 0 Å². The minimum absolute atomic E-state index is 0.517. The van der Waals surface area contributed by atoms with Gasteiger partial charge in [0.25, 0.3) is 5.89 Å². The molecule has 4 rings (SSSR count). The van der Waals surface area contributed by atoms with Crippen molar-refractivity contribution in [2.45, 2.75) is 18.8 Å². The lowest BCUT2D eigenvalue weighted by atomic mass is 10.2. The largest absolute Gasteiger partial charge is 0.345 e. The fourth-order valence-corrected chi connectivity index (χ4v) is 1.93. The maximum atomic E-state index is 5.28. The number of hydrogen-bond donors (Lipinski definition) is 1. The third-order valence-electron chi connectivity index (χ3n) is 3.05. The summed E-state index contributed by atoms with van der Waals surface area (Å²) in [4.78, 5) is 11.7. The molecule has 0 saturated heterocycles. The van der Waals surface area contributed by atoms with Crippen molar-refractivity contribution in [2.24, 2.45) is 0 Å². The first-order valence-corrected chi connectivity index (χ1v) is 5.67. The Morgan fingerprint density at radius 1 is 1.29 bits per heavy atom. The summed E-state index contributed by atoms with van der Waals surface area (Å²) in [6, 6.07) is 5.88. The Bertz CT molecular complexity index is 680. The lowest BCUT2D eigenvalue weighted by Crippen LogP contribution is -1.82. The number of hydrogen-bond acceptors (Lipinski definition) is 4. The molecule has 5 nitrogen and oxygen atoms in total. The van der Waals surface area contributed by atoms with E-state index in [9.17, 15) is 0 Å². The standard InChI is InChI=1S/C12H10N4O/c1-2-7(1)11-15-12(17-16-11)8-3-4-9-10(5-8)14-6-13-9/h3-7H,1-2H2,(H,13,14). The summed E-state index contributed by atoms with van der Waals surface area (Å²) in [5.74, 6) is 1.94. The molecule has 3 aromatic rings. The van der Waals surface area contributed by atoms with E-state index in [1.165, 1.54) is 12.8 Å². The molecular formula is C12H10N4O. The van der Waals surface area contributed by atoms with Crippen molar-refractivity contribution < 1.29 is 4.52 Å². The molecule has 2 aromatic heterocycles. The van der Waals surface area contributed by atoms with E-state index in [1.54, 1.807) is 6.33 Å². The molecule has 0 spiro atoms. The molecule has 0 amide bonds. The van der Waals surface area contributed by atoms with Crippen LogP contribution in [0, 0.1) is 0 Å². The van der Waals surface area contributed by atoms with Gasteiger partial charge in [-0.05, 0) is 31.0 Å². The molecule has 0 radical (unpaired) electrons. The average Bonchev–Trinajstić information content (AvgIpc) is 2.93. The van der Waals surface area contributed by atoms with E-state index < -0.39 is 0 Å². The van der Waals surface area contributed by atoms with E-state index >= 15 is 0 Å². The van der Waals surface area contributed by atoms with Gasteiger partial charge in [0.05, 0.1) is 17.4 Å². The number of rotatable bonds is 2. The highest BCUT2D eigenvalue weighted by atomic mass is 16.5. The van der Waals surface area contributed by atoms with E-state index in [0.29, 0.717) is 11.8 Å². The highest BCUT2D eigenvalue weighted by molar-refractivity contribution is 5.79. The van der Waals surface area contributed by atoms with Gasteiger partial charge < -0.3 is 9.51 Å². The van der Waals surface area contributed by atoms with E-state index in [0.717, 1.165) is 22.4 Å². The molecule has 1 N–H and O–H groups in total. The Labute approximate surface area is 96.9 Å². The maximum absolute atomic E-state index is 5.28. The SMILES string of the molecule is c1nc2ccc(-c3nc(C4CC4)no3)cc2[nH]1. The summed E-state index contributed by atoms with van der Waals surface area (Å²) in [5, 5.41) is 4.01. The molecule has 2 heterocycles. The van der Waals surface area contributed by atoms with Gasteiger partial charge in [0.1, 0.15) is 0 Å². The summed E-state index contributed by atoms with van der Waals surface area (Å²) in [7, 11) is 0. The Balaban J connectivity index is 1.80. The lowest BCUT2D eigenvalue weighted by molar-refractivity contribution is 0.423. The second kappa shape index (κ2) is 3.16. The zero-order valence-electron chi connectivity index (χ0n) is 9.05. The molecule has 5 heteroatoms. The molecule has 0 aliphatic heterocycles. The van der Waals surface area contributed by atoms with E-state index in [2.05, 4.69) is 20.1 Å². The molecule has 0 unspecified atom stereocenters. The van der Waals surface area contributed by atoms with Crippen molar-refractivity contribution in [3.63, 3.8) is 0 Å². The number of fused-ring (bicyclic) bond motifs is 1. The van der Waals surface area contributed by atoms with Gasteiger partial charge in [0.15, 0.2) is 5.82 Å². The summed E-state index contributed by atoms with van der Waals surface area (Å²) in [6.45, 7) is 0. The zero-order chi connectivity index (χ0) is 11.2. The first-order chi connectivity index (χ1) is 8.40. The lowest BCUT2D eigenvalue weighted by Gasteiger charge is -1.93. The molecule has 1 aliphatic carbocycles. The van der Waals surface area contributed by atoms with Crippen LogP contribution in [0.5, 0.6) is 0 Å². The third-order valence-corrected chi connectivity index (χ3v) is 3.05. The maximum Gasteiger partial charge on any atom is 0.258 e. The van der Waals surface area contributed by atoms with Crippen LogP contribution in [0.15, 0.2) is 29.0 Å².